The van der Waals surface area contributed by atoms with Gasteiger partial charge in [0.25, 0.3) is 5.91 Å². The summed E-state index contributed by atoms with van der Waals surface area (Å²) in [6.45, 7) is 0. The summed E-state index contributed by atoms with van der Waals surface area (Å²) < 4.78 is 7.05. The Kier molecular flexibility index (Phi) is 4.52. The van der Waals surface area contributed by atoms with Crippen molar-refractivity contribution >= 4 is 56.1 Å². The zero-order chi connectivity index (χ0) is 19.8. The summed E-state index contributed by atoms with van der Waals surface area (Å²) in [7, 11) is 0. The quantitative estimate of drug-likeness (QED) is 0.294. The van der Waals surface area contributed by atoms with Crippen molar-refractivity contribution in [2.75, 3.05) is 5.32 Å². The average molecular weight is 490 g/mol. The lowest BCUT2D eigenvalue weighted by Crippen LogP contribution is -2.14. The number of nitrogens with zero attached hydrogens (tertiary/aromatic N) is 1. The Bertz CT molecular complexity index is 1370. The number of carbonyl (C=O) groups is 1. The highest BCUT2D eigenvalue weighted by Crippen LogP contribution is 2.33. The molecule has 0 aliphatic heterocycles. The lowest BCUT2D eigenvalue weighted by Gasteiger charge is -2.09. The van der Waals surface area contributed by atoms with Crippen LogP contribution in [0.15, 0.2) is 89.3 Å². The lowest BCUT2D eigenvalue weighted by molar-refractivity contribution is 0.102. The molecule has 0 bridgehead atoms. The molecule has 5 heteroatoms. The third-order valence-electron chi connectivity index (χ3n) is 4.80. The number of amides is 1. The predicted octanol–water partition coefficient (Wildman–Crippen LogP) is 6.50. The number of rotatable bonds is 3. The monoisotopic (exact) mass is 490 g/mol. The minimum atomic E-state index is -0.163. The summed E-state index contributed by atoms with van der Waals surface area (Å²) in [5.74, 6) is 0.319. The van der Waals surface area contributed by atoms with E-state index >= 15 is 0 Å². The first kappa shape index (κ1) is 17.9. The minimum absolute atomic E-state index is 0.163. The molecule has 29 heavy (non-hydrogen) atoms. The number of para-hydroxylation sites is 1. The van der Waals surface area contributed by atoms with Crippen LogP contribution in [0.1, 0.15) is 10.4 Å². The van der Waals surface area contributed by atoms with Gasteiger partial charge in [0, 0.05) is 8.96 Å². The number of nitrogens with one attached hydrogen (secondary N) is 1. The van der Waals surface area contributed by atoms with E-state index in [9.17, 15) is 4.79 Å². The summed E-state index contributed by atoms with van der Waals surface area (Å²) in [6.07, 6.45) is 0. The molecular formula is C24H15IN2O2. The second-order valence-electron chi connectivity index (χ2n) is 6.63. The molecule has 1 heterocycles. The molecule has 0 aliphatic carbocycles. The summed E-state index contributed by atoms with van der Waals surface area (Å²) >= 11 is 2.16. The standard InChI is InChI=1S/C24H15IN2O2/c25-19-11-5-3-9-17(19)23(28)26-20-12-6-4-10-18(20)24-27-21-14-13-15-7-1-2-8-16(15)22(21)29-24/h1-14H,(H,26,28). The number of oxazole rings is 1. The van der Waals surface area contributed by atoms with Crippen molar-refractivity contribution in [1.82, 2.24) is 4.98 Å². The Balaban J connectivity index is 1.58. The van der Waals surface area contributed by atoms with Crippen LogP contribution in [0.5, 0.6) is 0 Å². The SMILES string of the molecule is O=C(Nc1ccccc1-c1nc2ccc3ccccc3c2o1)c1ccccc1I. The minimum Gasteiger partial charge on any atom is -0.435 e. The van der Waals surface area contributed by atoms with Gasteiger partial charge in [-0.3, -0.25) is 4.79 Å². The summed E-state index contributed by atoms with van der Waals surface area (Å²) in [5.41, 5.74) is 3.57. The van der Waals surface area contributed by atoms with Crippen molar-refractivity contribution in [1.29, 1.82) is 0 Å². The number of fused-ring (bicyclic) bond motifs is 3. The van der Waals surface area contributed by atoms with E-state index in [2.05, 4.69) is 32.9 Å². The van der Waals surface area contributed by atoms with Crippen molar-refractivity contribution in [3.63, 3.8) is 0 Å². The van der Waals surface area contributed by atoms with E-state index in [-0.39, 0.29) is 5.91 Å². The molecule has 1 amide bonds. The van der Waals surface area contributed by atoms with Crippen molar-refractivity contribution < 1.29 is 9.21 Å². The number of carbonyl (C=O) groups excluding carboxylic acids is 1. The van der Waals surface area contributed by atoms with E-state index in [0.717, 1.165) is 31.0 Å². The smallest absolute Gasteiger partial charge is 0.256 e. The molecule has 4 aromatic carbocycles. The summed E-state index contributed by atoms with van der Waals surface area (Å²) in [6, 6.07) is 27.1. The Morgan fingerprint density at radius 1 is 0.862 bits per heavy atom. The van der Waals surface area contributed by atoms with E-state index in [0.29, 0.717) is 17.1 Å². The summed E-state index contributed by atoms with van der Waals surface area (Å²) in [4.78, 5) is 17.5. The van der Waals surface area contributed by atoms with Crippen LogP contribution in [0.25, 0.3) is 33.3 Å². The largest absolute Gasteiger partial charge is 0.435 e. The van der Waals surface area contributed by atoms with Crippen molar-refractivity contribution in [2.24, 2.45) is 0 Å². The average Bonchev–Trinajstić information content (AvgIpc) is 3.19. The van der Waals surface area contributed by atoms with Crippen LogP contribution in [0.2, 0.25) is 0 Å². The second-order valence-corrected chi connectivity index (χ2v) is 7.80. The highest BCUT2D eigenvalue weighted by molar-refractivity contribution is 14.1. The number of halogens is 1. The van der Waals surface area contributed by atoms with E-state index < -0.39 is 0 Å². The fraction of sp³-hybridized carbons (Fsp3) is 0. The van der Waals surface area contributed by atoms with E-state index in [1.807, 2.05) is 84.9 Å². The molecule has 1 aromatic heterocycles. The van der Waals surface area contributed by atoms with Gasteiger partial charge in [0.15, 0.2) is 5.58 Å². The van der Waals surface area contributed by atoms with Gasteiger partial charge < -0.3 is 9.73 Å². The van der Waals surface area contributed by atoms with Gasteiger partial charge in [0.2, 0.25) is 5.89 Å². The Hall–Kier alpha value is -3.19. The molecule has 5 rings (SSSR count). The van der Waals surface area contributed by atoms with Crippen LogP contribution < -0.4 is 5.32 Å². The molecule has 0 unspecified atom stereocenters. The Morgan fingerprint density at radius 3 is 2.52 bits per heavy atom. The molecule has 0 atom stereocenters. The zero-order valence-electron chi connectivity index (χ0n) is 15.2. The van der Waals surface area contributed by atoms with Crippen molar-refractivity contribution in [3.8, 4) is 11.5 Å². The van der Waals surface area contributed by atoms with Crippen LogP contribution in [0, 0.1) is 3.57 Å². The van der Waals surface area contributed by atoms with E-state index in [4.69, 9.17) is 4.42 Å². The van der Waals surface area contributed by atoms with Crippen molar-refractivity contribution in [3.05, 3.63) is 94.1 Å². The number of hydrogen-bond acceptors (Lipinski definition) is 3. The van der Waals surface area contributed by atoms with Crippen molar-refractivity contribution in [2.45, 2.75) is 0 Å². The van der Waals surface area contributed by atoms with Gasteiger partial charge >= 0.3 is 0 Å². The van der Waals surface area contributed by atoms with Crippen LogP contribution >= 0.6 is 22.6 Å². The van der Waals surface area contributed by atoms with Gasteiger partial charge in [0.1, 0.15) is 5.52 Å². The first-order valence-electron chi connectivity index (χ1n) is 9.14. The molecule has 0 aliphatic rings. The van der Waals surface area contributed by atoms with Crippen LogP contribution in [-0.4, -0.2) is 10.9 Å². The predicted molar refractivity (Wildman–Crippen MR) is 124 cm³/mol. The fourth-order valence-electron chi connectivity index (χ4n) is 3.38. The lowest BCUT2D eigenvalue weighted by atomic mass is 10.1. The van der Waals surface area contributed by atoms with Gasteiger partial charge in [-0.1, -0.05) is 54.6 Å². The van der Waals surface area contributed by atoms with E-state index in [1.54, 1.807) is 0 Å². The van der Waals surface area contributed by atoms with Crippen LogP contribution in [0.3, 0.4) is 0 Å². The maximum atomic E-state index is 12.8. The Morgan fingerprint density at radius 2 is 1.62 bits per heavy atom. The molecule has 0 spiro atoms. The third-order valence-corrected chi connectivity index (χ3v) is 5.74. The maximum absolute atomic E-state index is 12.8. The maximum Gasteiger partial charge on any atom is 0.256 e. The topological polar surface area (TPSA) is 55.1 Å². The van der Waals surface area contributed by atoms with Gasteiger partial charge in [-0.25, -0.2) is 4.98 Å². The van der Waals surface area contributed by atoms with Gasteiger partial charge in [-0.15, -0.1) is 0 Å². The molecule has 0 saturated carbocycles. The molecule has 5 aromatic rings. The summed E-state index contributed by atoms with van der Waals surface area (Å²) in [5, 5.41) is 5.12. The molecule has 140 valence electrons. The number of aromatic nitrogens is 1. The highest BCUT2D eigenvalue weighted by atomic mass is 127. The second kappa shape index (κ2) is 7.33. The molecule has 4 nitrogen and oxygen atoms in total. The van der Waals surface area contributed by atoms with E-state index in [1.165, 1.54) is 0 Å². The number of hydrogen-bond donors (Lipinski definition) is 1. The Labute approximate surface area is 180 Å². The first-order valence-corrected chi connectivity index (χ1v) is 10.2. The van der Waals surface area contributed by atoms with Crippen LogP contribution in [-0.2, 0) is 0 Å². The molecule has 0 fully saturated rings. The fourth-order valence-corrected chi connectivity index (χ4v) is 4.02. The molecule has 0 radical (unpaired) electrons. The number of benzene rings is 4. The number of anilines is 1. The van der Waals surface area contributed by atoms with Gasteiger partial charge in [-0.2, -0.15) is 0 Å². The molecular weight excluding hydrogens is 475 g/mol. The van der Waals surface area contributed by atoms with Gasteiger partial charge in [0.05, 0.1) is 16.8 Å². The normalized spacial score (nSPS) is 11.1. The third kappa shape index (κ3) is 3.27. The highest BCUT2D eigenvalue weighted by Gasteiger charge is 2.16. The van der Waals surface area contributed by atoms with Gasteiger partial charge in [-0.05, 0) is 58.3 Å². The zero-order valence-corrected chi connectivity index (χ0v) is 17.4. The first-order chi connectivity index (χ1) is 14.2. The van der Waals surface area contributed by atoms with Crippen LogP contribution in [0.4, 0.5) is 5.69 Å². The molecule has 1 N–H and O–H groups in total. The molecule has 0 saturated heterocycles.